The summed E-state index contributed by atoms with van der Waals surface area (Å²) < 4.78 is 17.1. The van der Waals surface area contributed by atoms with E-state index in [0.29, 0.717) is 6.61 Å². The molecule has 1 N–H and O–H groups in total. The third kappa shape index (κ3) is 6.31. The van der Waals surface area contributed by atoms with Gasteiger partial charge in [0.2, 0.25) is 0 Å². The Morgan fingerprint density at radius 3 is 2.13 bits per heavy atom. The molecule has 6 heteroatoms. The molecular weight excluding hydrogens is 394 g/mol. The molecule has 1 amide bonds. The molecule has 0 radical (unpaired) electrons. The van der Waals surface area contributed by atoms with Crippen LogP contribution in [0.3, 0.4) is 0 Å². The van der Waals surface area contributed by atoms with Crippen molar-refractivity contribution in [3.05, 3.63) is 71.8 Å². The fourth-order valence-electron chi connectivity index (χ4n) is 3.88. The van der Waals surface area contributed by atoms with E-state index in [2.05, 4.69) is 17.4 Å². The molecule has 0 bridgehead atoms. The minimum absolute atomic E-state index is 0.00956. The van der Waals surface area contributed by atoms with Crippen LogP contribution < -0.4 is 5.32 Å². The van der Waals surface area contributed by atoms with Gasteiger partial charge in [0.25, 0.3) is 0 Å². The van der Waals surface area contributed by atoms with Crippen molar-refractivity contribution in [2.24, 2.45) is 0 Å². The lowest BCUT2D eigenvalue weighted by Gasteiger charge is -2.31. The Labute approximate surface area is 183 Å². The first-order chi connectivity index (χ1) is 14.7. The Hall–Kier alpha value is -2.86. The van der Waals surface area contributed by atoms with Crippen LogP contribution in [0.25, 0.3) is 0 Å². The molecule has 2 aromatic carbocycles. The van der Waals surface area contributed by atoms with Crippen LogP contribution >= 0.6 is 0 Å². The SMILES string of the molecule is C[C@@H]1OC(=O)[C@@H](NC(=O)OC(C)(C)C)COC[C@H](c2ccccc2)[C@H]1c1ccccc1. The van der Waals surface area contributed by atoms with Gasteiger partial charge in [-0.05, 0) is 38.8 Å². The fraction of sp³-hybridized carbons (Fsp3) is 0.440. The number of hydrogen-bond acceptors (Lipinski definition) is 5. The van der Waals surface area contributed by atoms with E-state index in [1.54, 1.807) is 20.8 Å². The average molecular weight is 426 g/mol. The van der Waals surface area contributed by atoms with Gasteiger partial charge in [-0.15, -0.1) is 0 Å². The Morgan fingerprint density at radius 1 is 0.968 bits per heavy atom. The van der Waals surface area contributed by atoms with Gasteiger partial charge in [-0.25, -0.2) is 9.59 Å². The van der Waals surface area contributed by atoms with E-state index in [1.165, 1.54) is 0 Å². The highest BCUT2D eigenvalue weighted by Gasteiger charge is 2.36. The van der Waals surface area contributed by atoms with Crippen molar-refractivity contribution in [2.45, 2.75) is 57.3 Å². The summed E-state index contributed by atoms with van der Waals surface area (Å²) in [4.78, 5) is 25.1. The van der Waals surface area contributed by atoms with Gasteiger partial charge in [0.15, 0.2) is 6.04 Å². The zero-order valence-corrected chi connectivity index (χ0v) is 18.5. The second-order valence-electron chi connectivity index (χ2n) is 8.83. The molecule has 31 heavy (non-hydrogen) atoms. The van der Waals surface area contributed by atoms with Crippen LogP contribution in [0.15, 0.2) is 60.7 Å². The molecule has 166 valence electrons. The normalized spacial score (nSPS) is 24.8. The number of amides is 1. The highest BCUT2D eigenvalue weighted by atomic mass is 16.6. The molecule has 0 aliphatic carbocycles. The number of cyclic esters (lactones) is 1. The van der Waals surface area contributed by atoms with Crippen molar-refractivity contribution in [3.8, 4) is 0 Å². The van der Waals surface area contributed by atoms with Gasteiger partial charge in [0.1, 0.15) is 11.7 Å². The summed E-state index contributed by atoms with van der Waals surface area (Å²) in [6.07, 6.45) is -1.10. The Bertz CT molecular complexity index is 862. The monoisotopic (exact) mass is 425 g/mol. The maximum absolute atomic E-state index is 12.9. The van der Waals surface area contributed by atoms with E-state index >= 15 is 0 Å². The second kappa shape index (κ2) is 9.96. The number of ether oxygens (including phenoxy) is 3. The van der Waals surface area contributed by atoms with Crippen molar-refractivity contribution >= 4 is 12.1 Å². The number of benzene rings is 2. The van der Waals surface area contributed by atoms with E-state index in [4.69, 9.17) is 14.2 Å². The topological polar surface area (TPSA) is 73.9 Å². The quantitative estimate of drug-likeness (QED) is 0.738. The third-order valence-corrected chi connectivity index (χ3v) is 5.21. The summed E-state index contributed by atoms with van der Waals surface area (Å²) >= 11 is 0. The molecule has 6 nitrogen and oxygen atoms in total. The zero-order valence-electron chi connectivity index (χ0n) is 18.5. The molecule has 0 aromatic heterocycles. The van der Waals surface area contributed by atoms with Crippen molar-refractivity contribution in [3.63, 3.8) is 0 Å². The van der Waals surface area contributed by atoms with Gasteiger partial charge in [0.05, 0.1) is 13.2 Å². The Balaban J connectivity index is 1.87. The predicted octanol–water partition coefficient (Wildman–Crippen LogP) is 4.41. The van der Waals surface area contributed by atoms with Crippen LogP contribution in [0.5, 0.6) is 0 Å². The number of carbonyl (C=O) groups excluding carboxylic acids is 2. The molecule has 2 aromatic rings. The minimum Gasteiger partial charge on any atom is -0.460 e. The van der Waals surface area contributed by atoms with E-state index in [9.17, 15) is 9.59 Å². The first kappa shape index (κ1) is 22.8. The highest BCUT2D eigenvalue weighted by molar-refractivity contribution is 5.81. The van der Waals surface area contributed by atoms with E-state index in [0.717, 1.165) is 11.1 Å². The number of carbonyl (C=O) groups is 2. The number of alkyl carbamates (subject to hydrolysis) is 1. The molecular formula is C25H31NO5. The highest BCUT2D eigenvalue weighted by Crippen LogP contribution is 2.38. The molecule has 3 rings (SSSR count). The fourth-order valence-corrected chi connectivity index (χ4v) is 3.88. The first-order valence-electron chi connectivity index (χ1n) is 10.6. The minimum atomic E-state index is -0.941. The van der Waals surface area contributed by atoms with Gasteiger partial charge in [-0.1, -0.05) is 60.7 Å². The average Bonchev–Trinajstić information content (AvgIpc) is 2.77. The molecule has 1 fully saturated rings. The van der Waals surface area contributed by atoms with Crippen LogP contribution in [0, 0.1) is 0 Å². The zero-order chi connectivity index (χ0) is 22.4. The van der Waals surface area contributed by atoms with E-state index in [1.807, 2.05) is 55.5 Å². The van der Waals surface area contributed by atoms with Gasteiger partial charge in [-0.2, -0.15) is 0 Å². The number of hydrogen-bond donors (Lipinski definition) is 1. The summed E-state index contributed by atoms with van der Waals surface area (Å²) in [5.74, 6) is -0.660. The Kier molecular flexibility index (Phi) is 7.33. The lowest BCUT2D eigenvalue weighted by molar-refractivity contribution is -0.152. The second-order valence-corrected chi connectivity index (χ2v) is 8.83. The van der Waals surface area contributed by atoms with Gasteiger partial charge < -0.3 is 19.5 Å². The van der Waals surface area contributed by atoms with Crippen LogP contribution in [-0.2, 0) is 19.0 Å². The first-order valence-corrected chi connectivity index (χ1v) is 10.6. The smallest absolute Gasteiger partial charge is 0.408 e. The largest absolute Gasteiger partial charge is 0.460 e. The number of esters is 1. The van der Waals surface area contributed by atoms with Gasteiger partial charge in [-0.3, -0.25) is 0 Å². The Morgan fingerprint density at radius 2 is 1.55 bits per heavy atom. The molecule has 0 unspecified atom stereocenters. The summed E-state index contributed by atoms with van der Waals surface area (Å²) in [6.45, 7) is 7.58. The summed E-state index contributed by atoms with van der Waals surface area (Å²) in [5.41, 5.74) is 1.51. The van der Waals surface area contributed by atoms with Crippen molar-refractivity contribution in [2.75, 3.05) is 13.2 Å². The van der Waals surface area contributed by atoms with E-state index < -0.39 is 29.8 Å². The van der Waals surface area contributed by atoms with Crippen molar-refractivity contribution < 1.29 is 23.8 Å². The molecule has 1 aliphatic heterocycles. The molecule has 1 saturated heterocycles. The molecule has 4 atom stereocenters. The lowest BCUT2D eigenvalue weighted by Crippen LogP contribution is -2.47. The molecule has 0 spiro atoms. The summed E-state index contributed by atoms with van der Waals surface area (Å²) in [6, 6.07) is 19.1. The predicted molar refractivity (Wildman–Crippen MR) is 118 cm³/mol. The van der Waals surface area contributed by atoms with Gasteiger partial charge in [0, 0.05) is 11.8 Å². The third-order valence-electron chi connectivity index (χ3n) is 5.21. The number of rotatable bonds is 3. The molecule has 1 heterocycles. The van der Waals surface area contributed by atoms with Crippen molar-refractivity contribution in [1.82, 2.24) is 5.32 Å². The standard InChI is InChI=1S/C25H31NO5/c1-17-22(19-13-9-6-10-14-19)20(18-11-7-5-8-12-18)15-29-16-21(23(27)30-17)26-24(28)31-25(2,3)4/h5-14,17,20-22H,15-16H2,1-4H3,(H,26,28)/t17-,20+,21-,22+/m0/s1. The lowest BCUT2D eigenvalue weighted by atomic mass is 9.79. The summed E-state index contributed by atoms with van der Waals surface area (Å²) in [5, 5.41) is 2.59. The molecule has 1 aliphatic rings. The number of nitrogens with one attached hydrogen (secondary N) is 1. The summed E-state index contributed by atoms with van der Waals surface area (Å²) in [7, 11) is 0. The van der Waals surface area contributed by atoms with Crippen molar-refractivity contribution in [1.29, 1.82) is 0 Å². The molecule has 0 saturated carbocycles. The van der Waals surface area contributed by atoms with Crippen LogP contribution in [-0.4, -0.2) is 43.0 Å². The van der Waals surface area contributed by atoms with Crippen LogP contribution in [0.4, 0.5) is 4.79 Å². The van der Waals surface area contributed by atoms with E-state index in [-0.39, 0.29) is 18.4 Å². The maximum Gasteiger partial charge on any atom is 0.408 e. The maximum atomic E-state index is 12.9. The van der Waals surface area contributed by atoms with Crippen LogP contribution in [0.2, 0.25) is 0 Å². The van der Waals surface area contributed by atoms with Gasteiger partial charge >= 0.3 is 12.1 Å². The van der Waals surface area contributed by atoms with Crippen LogP contribution in [0.1, 0.15) is 50.7 Å².